The number of para-hydroxylation sites is 1. The van der Waals surface area contributed by atoms with Crippen molar-refractivity contribution >= 4 is 16.6 Å². The zero-order valence-corrected chi connectivity index (χ0v) is 14.6. The molecule has 0 fully saturated rings. The van der Waals surface area contributed by atoms with Crippen LogP contribution in [0.2, 0.25) is 0 Å². The van der Waals surface area contributed by atoms with Gasteiger partial charge in [-0.15, -0.1) is 0 Å². The van der Waals surface area contributed by atoms with E-state index in [0.717, 1.165) is 5.52 Å². The second-order valence-corrected chi connectivity index (χ2v) is 7.59. The molecule has 0 amide bonds. The molecule has 3 heteroatoms. The molecule has 1 aromatic heterocycles. The molecule has 0 bridgehead atoms. The fraction of sp³-hybridized carbons (Fsp3) is 0.333. The van der Waals surface area contributed by atoms with Gasteiger partial charge in [-0.05, 0) is 61.0 Å². The van der Waals surface area contributed by atoms with E-state index in [1.165, 1.54) is 33.3 Å². The zero-order chi connectivity index (χ0) is 17.1. The first-order valence-electron chi connectivity index (χ1n) is 8.56. The Hall–Kier alpha value is -2.26. The molecule has 2 aromatic carbocycles. The summed E-state index contributed by atoms with van der Waals surface area (Å²) in [6.45, 7) is 8.38. The normalized spacial score (nSPS) is 22.2. The van der Waals surface area contributed by atoms with Crippen molar-refractivity contribution in [2.45, 2.75) is 45.3 Å². The van der Waals surface area contributed by atoms with Crippen molar-refractivity contribution in [3.05, 3.63) is 53.7 Å². The summed E-state index contributed by atoms with van der Waals surface area (Å²) in [5.41, 5.74) is 6.82. The molecular formula is C21H24N2O. The van der Waals surface area contributed by atoms with Crippen LogP contribution in [0.25, 0.3) is 22.0 Å². The molecule has 0 saturated carbocycles. The number of benzene rings is 2. The predicted molar refractivity (Wildman–Crippen MR) is 101 cm³/mol. The fourth-order valence-corrected chi connectivity index (χ4v) is 4.02. The lowest BCUT2D eigenvalue weighted by atomic mass is 9.77. The Balaban J connectivity index is 1.92. The monoisotopic (exact) mass is 320 g/mol. The van der Waals surface area contributed by atoms with Crippen LogP contribution in [0.3, 0.4) is 0 Å². The molecule has 0 aliphatic carbocycles. The number of hydrogen-bond donors (Lipinski definition) is 3. The summed E-state index contributed by atoms with van der Waals surface area (Å²) < 4.78 is 0. The van der Waals surface area contributed by atoms with Gasteiger partial charge < -0.3 is 15.4 Å². The van der Waals surface area contributed by atoms with Crippen LogP contribution in [0.15, 0.2) is 42.6 Å². The molecule has 0 spiro atoms. The fourth-order valence-electron chi connectivity index (χ4n) is 4.02. The zero-order valence-electron chi connectivity index (χ0n) is 14.6. The average molecular weight is 320 g/mol. The molecule has 3 nitrogen and oxygen atoms in total. The topological polar surface area (TPSA) is 48.0 Å². The first kappa shape index (κ1) is 15.3. The summed E-state index contributed by atoms with van der Waals surface area (Å²) in [6.07, 6.45) is 1.57. The van der Waals surface area contributed by atoms with Crippen LogP contribution in [0.5, 0.6) is 0 Å². The average Bonchev–Trinajstić information content (AvgIpc) is 3.02. The second kappa shape index (κ2) is 5.12. The Morgan fingerprint density at radius 2 is 1.92 bits per heavy atom. The maximum atomic E-state index is 10.7. The second-order valence-electron chi connectivity index (χ2n) is 7.59. The largest absolute Gasteiger partial charge is 0.390 e. The van der Waals surface area contributed by atoms with Gasteiger partial charge in [0.1, 0.15) is 0 Å². The van der Waals surface area contributed by atoms with Gasteiger partial charge in [-0.25, -0.2) is 0 Å². The summed E-state index contributed by atoms with van der Waals surface area (Å²) in [5, 5.41) is 15.4. The number of H-pyrrole nitrogens is 1. The quantitative estimate of drug-likeness (QED) is 0.602. The smallest absolute Gasteiger partial charge is 0.0830 e. The van der Waals surface area contributed by atoms with Crippen LogP contribution in [-0.2, 0) is 0 Å². The molecule has 3 aromatic rings. The minimum absolute atomic E-state index is 0.0951. The molecule has 2 heterocycles. The van der Waals surface area contributed by atoms with Crippen molar-refractivity contribution in [1.82, 2.24) is 4.98 Å². The van der Waals surface area contributed by atoms with Gasteiger partial charge in [0.25, 0.3) is 0 Å². The van der Waals surface area contributed by atoms with Crippen molar-refractivity contribution in [3.63, 3.8) is 0 Å². The lowest BCUT2D eigenvalue weighted by Crippen LogP contribution is -2.50. The van der Waals surface area contributed by atoms with Gasteiger partial charge in [-0.2, -0.15) is 0 Å². The van der Waals surface area contributed by atoms with Crippen molar-refractivity contribution in [2.75, 3.05) is 5.32 Å². The Labute approximate surface area is 142 Å². The number of aromatic nitrogens is 1. The van der Waals surface area contributed by atoms with E-state index in [0.29, 0.717) is 0 Å². The summed E-state index contributed by atoms with van der Waals surface area (Å²) in [5.74, 6) is 0.0951. The molecule has 1 aliphatic heterocycles. The first-order valence-corrected chi connectivity index (χ1v) is 8.56. The van der Waals surface area contributed by atoms with Crippen molar-refractivity contribution in [1.29, 1.82) is 0 Å². The molecule has 0 unspecified atom stereocenters. The first-order chi connectivity index (χ1) is 11.4. The Bertz CT molecular complexity index is 923. The summed E-state index contributed by atoms with van der Waals surface area (Å²) in [4.78, 5) is 3.35. The van der Waals surface area contributed by atoms with Gasteiger partial charge >= 0.3 is 0 Å². The van der Waals surface area contributed by atoms with Crippen LogP contribution in [0.4, 0.5) is 5.69 Å². The molecule has 1 aliphatic rings. The van der Waals surface area contributed by atoms with E-state index in [4.69, 9.17) is 0 Å². The van der Waals surface area contributed by atoms with E-state index >= 15 is 0 Å². The van der Waals surface area contributed by atoms with E-state index in [1.807, 2.05) is 6.20 Å². The number of hydrogen-bond acceptors (Lipinski definition) is 2. The van der Waals surface area contributed by atoms with Crippen LogP contribution >= 0.6 is 0 Å². The number of aliphatic hydroxyl groups is 1. The van der Waals surface area contributed by atoms with E-state index in [9.17, 15) is 5.11 Å². The minimum Gasteiger partial charge on any atom is -0.390 e. The maximum absolute atomic E-state index is 10.7. The SMILES string of the molecule is Cc1cc(-c2cccc3cc[nH]c23)cc2c1NC(C)(C)[C@H](O)[C@H]2C. The summed E-state index contributed by atoms with van der Waals surface area (Å²) >= 11 is 0. The lowest BCUT2D eigenvalue weighted by molar-refractivity contribution is 0.0869. The summed E-state index contributed by atoms with van der Waals surface area (Å²) in [6, 6.07) is 12.9. The van der Waals surface area contributed by atoms with Gasteiger partial charge in [-0.1, -0.05) is 25.1 Å². The molecule has 24 heavy (non-hydrogen) atoms. The summed E-state index contributed by atoms with van der Waals surface area (Å²) in [7, 11) is 0. The van der Waals surface area contributed by atoms with E-state index in [-0.39, 0.29) is 11.5 Å². The Kier molecular flexibility index (Phi) is 3.26. The van der Waals surface area contributed by atoms with Gasteiger partial charge in [0.05, 0.1) is 17.2 Å². The Morgan fingerprint density at radius 1 is 1.12 bits per heavy atom. The van der Waals surface area contributed by atoms with Crippen LogP contribution < -0.4 is 5.32 Å². The minimum atomic E-state index is -0.416. The third kappa shape index (κ3) is 2.15. The van der Waals surface area contributed by atoms with Crippen LogP contribution in [-0.4, -0.2) is 21.7 Å². The van der Waals surface area contributed by atoms with Crippen molar-refractivity contribution < 1.29 is 5.11 Å². The maximum Gasteiger partial charge on any atom is 0.0830 e. The molecule has 2 atom stereocenters. The van der Waals surface area contributed by atoms with Gasteiger partial charge in [0, 0.05) is 23.4 Å². The highest BCUT2D eigenvalue weighted by atomic mass is 16.3. The Morgan fingerprint density at radius 3 is 2.71 bits per heavy atom. The molecule has 124 valence electrons. The van der Waals surface area contributed by atoms with Crippen LogP contribution in [0.1, 0.15) is 37.8 Å². The lowest BCUT2D eigenvalue weighted by Gasteiger charge is -2.43. The van der Waals surface area contributed by atoms with E-state index < -0.39 is 6.10 Å². The highest BCUT2D eigenvalue weighted by Gasteiger charge is 2.39. The third-order valence-electron chi connectivity index (χ3n) is 5.42. The van der Waals surface area contributed by atoms with Crippen molar-refractivity contribution in [3.8, 4) is 11.1 Å². The highest BCUT2D eigenvalue weighted by Crippen LogP contribution is 2.43. The van der Waals surface area contributed by atoms with Gasteiger partial charge in [-0.3, -0.25) is 0 Å². The number of rotatable bonds is 1. The van der Waals surface area contributed by atoms with Gasteiger partial charge in [0.2, 0.25) is 0 Å². The van der Waals surface area contributed by atoms with E-state index in [2.05, 4.69) is 74.4 Å². The molecular weight excluding hydrogens is 296 g/mol. The number of nitrogens with one attached hydrogen (secondary N) is 2. The molecule has 4 rings (SSSR count). The highest BCUT2D eigenvalue weighted by molar-refractivity contribution is 5.94. The van der Waals surface area contributed by atoms with Crippen molar-refractivity contribution in [2.24, 2.45) is 0 Å². The molecule has 3 N–H and O–H groups in total. The predicted octanol–water partition coefficient (Wildman–Crippen LogP) is 4.81. The number of anilines is 1. The molecule has 0 radical (unpaired) electrons. The number of aryl methyl sites for hydroxylation is 1. The molecule has 0 saturated heterocycles. The number of fused-ring (bicyclic) bond motifs is 2. The van der Waals surface area contributed by atoms with Crippen LogP contribution in [0, 0.1) is 6.92 Å². The van der Waals surface area contributed by atoms with Gasteiger partial charge in [0.15, 0.2) is 0 Å². The number of aliphatic hydroxyl groups excluding tert-OH is 1. The third-order valence-corrected chi connectivity index (χ3v) is 5.42. The standard InChI is InChI=1S/C21H24N2O/c1-12-10-15(16-7-5-6-14-8-9-22-19(14)16)11-17-13(2)20(24)21(3,4)23-18(12)17/h5-11,13,20,22-24H,1-4H3/t13-,20+/m0/s1. The number of aromatic amines is 1. The van der Waals surface area contributed by atoms with E-state index in [1.54, 1.807) is 0 Å².